The third-order valence-corrected chi connectivity index (χ3v) is 5.26. The Morgan fingerprint density at radius 3 is 2.61 bits per heavy atom. The van der Waals surface area contributed by atoms with Gasteiger partial charge in [0.1, 0.15) is 5.69 Å². The SMILES string of the molecule is Cc1cc2ccnn2c(C(=O)NOC(C)C)c1NC(=O)c1cc(OCC(F)(F)F)nn1-c1ncccc1Cl. The first kappa shape index (κ1) is 26.9. The van der Waals surface area contributed by atoms with E-state index in [2.05, 4.69) is 26.0 Å². The lowest BCUT2D eigenvalue weighted by Gasteiger charge is -2.16. The summed E-state index contributed by atoms with van der Waals surface area (Å²) in [6, 6.07) is 7.36. The Bertz CT molecular complexity index is 1500. The first-order valence-electron chi connectivity index (χ1n) is 11.1. The van der Waals surface area contributed by atoms with Crippen molar-refractivity contribution in [3.8, 4) is 11.7 Å². The zero-order chi connectivity index (χ0) is 27.6. The summed E-state index contributed by atoms with van der Waals surface area (Å²) in [5.74, 6) is -2.04. The number of alkyl halides is 3. The number of pyridine rings is 2. The Hall–Kier alpha value is -4.17. The highest BCUT2D eigenvalue weighted by Gasteiger charge is 2.30. The Morgan fingerprint density at radius 1 is 1.16 bits per heavy atom. The maximum atomic E-state index is 13.5. The topological polar surface area (TPSA) is 125 Å². The van der Waals surface area contributed by atoms with Crippen molar-refractivity contribution >= 4 is 34.6 Å². The van der Waals surface area contributed by atoms with Crippen LogP contribution in [-0.4, -0.2) is 55.1 Å². The van der Waals surface area contributed by atoms with Gasteiger partial charge in [-0.15, -0.1) is 5.10 Å². The molecule has 4 aromatic rings. The van der Waals surface area contributed by atoms with Gasteiger partial charge in [-0.1, -0.05) is 11.6 Å². The van der Waals surface area contributed by atoms with Crippen LogP contribution in [-0.2, 0) is 4.84 Å². The highest BCUT2D eigenvalue weighted by atomic mass is 35.5. The number of nitrogens with one attached hydrogen (secondary N) is 2. The van der Waals surface area contributed by atoms with E-state index in [1.807, 2.05) is 0 Å². The van der Waals surface area contributed by atoms with Gasteiger partial charge in [-0.25, -0.2) is 19.7 Å². The lowest BCUT2D eigenvalue weighted by Crippen LogP contribution is -2.31. The number of anilines is 1. The average molecular weight is 552 g/mol. The number of hydrogen-bond acceptors (Lipinski definition) is 7. The van der Waals surface area contributed by atoms with Gasteiger partial charge in [0.05, 0.1) is 28.5 Å². The molecule has 4 rings (SSSR count). The standard InChI is InChI=1S/C23H21ClF3N7O4/c1-12(2)38-32-22(36)19-18(13(3)9-14-6-8-29-33(14)19)30-21(35)16-10-17(37-11-23(25,26)27)31-34(16)20-15(24)5-4-7-28-20/h4-10,12H,11H2,1-3H3,(H,30,35)(H,32,36). The molecule has 11 nitrogen and oxygen atoms in total. The van der Waals surface area contributed by atoms with E-state index in [1.54, 1.807) is 32.9 Å². The summed E-state index contributed by atoms with van der Waals surface area (Å²) in [6.45, 7) is 3.46. The van der Waals surface area contributed by atoms with Gasteiger partial charge < -0.3 is 10.1 Å². The predicted octanol–water partition coefficient (Wildman–Crippen LogP) is 4.14. The van der Waals surface area contributed by atoms with Crippen LogP contribution in [0, 0.1) is 6.92 Å². The molecule has 0 radical (unpaired) electrons. The third-order valence-electron chi connectivity index (χ3n) is 4.96. The van der Waals surface area contributed by atoms with Gasteiger partial charge in [0.15, 0.2) is 18.1 Å². The number of halogens is 4. The summed E-state index contributed by atoms with van der Waals surface area (Å²) in [6.07, 6.45) is -2.12. The lowest BCUT2D eigenvalue weighted by molar-refractivity contribution is -0.154. The van der Waals surface area contributed by atoms with Crippen molar-refractivity contribution in [1.29, 1.82) is 0 Å². The Labute approximate surface area is 218 Å². The molecule has 15 heteroatoms. The smallest absolute Gasteiger partial charge is 0.422 e. The molecule has 0 fully saturated rings. The fraction of sp³-hybridized carbons (Fsp3) is 0.261. The summed E-state index contributed by atoms with van der Waals surface area (Å²) in [7, 11) is 0. The van der Waals surface area contributed by atoms with Crippen molar-refractivity contribution in [2.45, 2.75) is 33.1 Å². The molecular formula is C23H21ClF3N7O4. The largest absolute Gasteiger partial charge is 0.467 e. The fourth-order valence-corrected chi connectivity index (χ4v) is 3.60. The molecule has 0 aliphatic rings. The van der Waals surface area contributed by atoms with Gasteiger partial charge in [0.25, 0.3) is 11.8 Å². The van der Waals surface area contributed by atoms with E-state index < -0.39 is 30.5 Å². The van der Waals surface area contributed by atoms with Gasteiger partial charge in [0.2, 0.25) is 5.88 Å². The molecule has 2 N–H and O–H groups in total. The van der Waals surface area contributed by atoms with E-state index >= 15 is 0 Å². The van der Waals surface area contributed by atoms with Crippen molar-refractivity contribution in [2.24, 2.45) is 0 Å². The first-order chi connectivity index (χ1) is 17.9. The normalized spacial score (nSPS) is 11.7. The van der Waals surface area contributed by atoms with Crippen LogP contribution in [0.25, 0.3) is 11.3 Å². The number of amides is 2. The number of ether oxygens (including phenoxy) is 1. The number of rotatable bonds is 8. The van der Waals surface area contributed by atoms with E-state index in [-0.39, 0.29) is 34.0 Å². The summed E-state index contributed by atoms with van der Waals surface area (Å²) >= 11 is 6.21. The third kappa shape index (κ3) is 5.86. The maximum Gasteiger partial charge on any atom is 0.422 e. The minimum atomic E-state index is -4.63. The van der Waals surface area contributed by atoms with E-state index in [4.69, 9.17) is 21.2 Å². The second kappa shape index (κ2) is 10.7. The monoisotopic (exact) mass is 551 g/mol. The predicted molar refractivity (Wildman–Crippen MR) is 129 cm³/mol. The fourth-order valence-electron chi connectivity index (χ4n) is 3.40. The number of aromatic nitrogens is 5. The van der Waals surface area contributed by atoms with Crippen LogP contribution < -0.4 is 15.5 Å². The molecule has 0 saturated carbocycles. The van der Waals surface area contributed by atoms with E-state index in [0.717, 1.165) is 10.7 Å². The second-order valence-corrected chi connectivity index (χ2v) is 8.67. The number of hydroxylamine groups is 1. The minimum absolute atomic E-state index is 0.0243. The molecule has 38 heavy (non-hydrogen) atoms. The van der Waals surface area contributed by atoms with Gasteiger partial charge in [0, 0.05) is 12.3 Å². The van der Waals surface area contributed by atoms with Crippen molar-refractivity contribution in [1.82, 2.24) is 29.9 Å². The molecule has 4 aromatic heterocycles. The molecule has 0 unspecified atom stereocenters. The first-order valence-corrected chi connectivity index (χ1v) is 11.5. The number of aryl methyl sites for hydroxylation is 1. The molecule has 0 bridgehead atoms. The van der Waals surface area contributed by atoms with Crippen LogP contribution in [0.2, 0.25) is 5.02 Å². The zero-order valence-electron chi connectivity index (χ0n) is 20.2. The zero-order valence-corrected chi connectivity index (χ0v) is 21.0. The molecule has 0 atom stereocenters. The van der Waals surface area contributed by atoms with Gasteiger partial charge in [-0.2, -0.15) is 18.3 Å². The quantitative estimate of drug-likeness (QED) is 0.315. The Morgan fingerprint density at radius 2 is 1.92 bits per heavy atom. The summed E-state index contributed by atoms with van der Waals surface area (Å²) < 4.78 is 45.2. The maximum absolute atomic E-state index is 13.5. The van der Waals surface area contributed by atoms with Crippen LogP contribution >= 0.6 is 11.6 Å². The van der Waals surface area contributed by atoms with Crippen LogP contribution in [0.1, 0.15) is 40.4 Å². The summed E-state index contributed by atoms with van der Waals surface area (Å²) in [4.78, 5) is 35.8. The van der Waals surface area contributed by atoms with Crippen molar-refractivity contribution in [3.63, 3.8) is 0 Å². The van der Waals surface area contributed by atoms with Gasteiger partial charge >= 0.3 is 6.18 Å². The molecule has 2 amide bonds. The second-order valence-electron chi connectivity index (χ2n) is 8.26. The Balaban J connectivity index is 1.77. The van der Waals surface area contributed by atoms with Crippen LogP contribution in [0.4, 0.5) is 18.9 Å². The van der Waals surface area contributed by atoms with Crippen molar-refractivity contribution in [3.05, 3.63) is 64.7 Å². The average Bonchev–Trinajstić information content (AvgIpc) is 3.48. The highest BCUT2D eigenvalue weighted by molar-refractivity contribution is 6.32. The van der Waals surface area contributed by atoms with E-state index in [1.165, 1.54) is 29.0 Å². The molecule has 0 spiro atoms. The molecule has 0 aliphatic carbocycles. The van der Waals surface area contributed by atoms with E-state index in [9.17, 15) is 22.8 Å². The summed E-state index contributed by atoms with van der Waals surface area (Å²) in [5, 5.41) is 10.8. The number of carbonyl (C=O) groups is 2. The number of fused-ring (bicyclic) bond motifs is 1. The van der Waals surface area contributed by atoms with Gasteiger partial charge in [-0.3, -0.25) is 14.4 Å². The number of nitrogens with zero attached hydrogens (tertiary/aromatic N) is 5. The van der Waals surface area contributed by atoms with Gasteiger partial charge in [-0.05, 0) is 50.6 Å². The van der Waals surface area contributed by atoms with Crippen molar-refractivity contribution < 1.29 is 32.3 Å². The molecular weight excluding hydrogens is 531 g/mol. The van der Waals surface area contributed by atoms with Crippen LogP contribution in [0.5, 0.6) is 5.88 Å². The molecule has 0 saturated heterocycles. The minimum Gasteiger partial charge on any atom is -0.467 e. The summed E-state index contributed by atoms with van der Waals surface area (Å²) in [5.41, 5.74) is 3.16. The molecule has 200 valence electrons. The molecule has 0 aromatic carbocycles. The number of hydrogen-bond donors (Lipinski definition) is 2. The van der Waals surface area contributed by atoms with Crippen molar-refractivity contribution in [2.75, 3.05) is 11.9 Å². The van der Waals surface area contributed by atoms with Crippen LogP contribution in [0.3, 0.4) is 0 Å². The highest BCUT2D eigenvalue weighted by Crippen LogP contribution is 2.27. The Kier molecular flexibility index (Phi) is 7.55. The molecule has 4 heterocycles. The number of carbonyl (C=O) groups excluding carboxylic acids is 2. The lowest BCUT2D eigenvalue weighted by atomic mass is 10.1. The van der Waals surface area contributed by atoms with E-state index in [0.29, 0.717) is 11.1 Å². The molecule has 0 aliphatic heterocycles. The van der Waals surface area contributed by atoms with Crippen LogP contribution in [0.15, 0.2) is 42.7 Å².